The number of aryl methyl sites for hydroxylation is 1. The summed E-state index contributed by atoms with van der Waals surface area (Å²) < 4.78 is 7.58. The van der Waals surface area contributed by atoms with Crippen LogP contribution in [0.1, 0.15) is 53.4 Å². The maximum atomic E-state index is 11.3. The Hall–Kier alpha value is -1.80. The van der Waals surface area contributed by atoms with E-state index in [-0.39, 0.29) is 5.76 Å². The van der Waals surface area contributed by atoms with E-state index in [0.717, 1.165) is 48.2 Å². The third-order valence-corrected chi connectivity index (χ3v) is 5.42. The smallest absolute Gasteiger partial charge is 0.284 e. The summed E-state index contributed by atoms with van der Waals surface area (Å²) in [6.45, 7) is 4.03. The second-order valence-electron chi connectivity index (χ2n) is 6.01. The van der Waals surface area contributed by atoms with Crippen molar-refractivity contribution >= 4 is 17.7 Å². The third kappa shape index (κ3) is 3.49. The number of nitrogens with two attached hydrogens (primary N) is 1. The van der Waals surface area contributed by atoms with Gasteiger partial charge in [0.15, 0.2) is 10.9 Å². The van der Waals surface area contributed by atoms with Crippen LogP contribution < -0.4 is 11.1 Å². The summed E-state index contributed by atoms with van der Waals surface area (Å²) in [7, 11) is 2.01. The topological polar surface area (TPSA) is 99.0 Å². The van der Waals surface area contributed by atoms with Gasteiger partial charge in [-0.1, -0.05) is 18.7 Å². The van der Waals surface area contributed by atoms with Crippen LogP contribution in [0.25, 0.3) is 0 Å². The predicted molar refractivity (Wildman–Crippen MR) is 92.0 cm³/mol. The van der Waals surface area contributed by atoms with Crippen molar-refractivity contribution in [1.82, 2.24) is 20.1 Å². The summed E-state index contributed by atoms with van der Waals surface area (Å²) in [5.74, 6) is 2.61. The molecule has 3 rings (SSSR count). The van der Waals surface area contributed by atoms with Gasteiger partial charge in [0.25, 0.3) is 5.91 Å². The molecule has 1 aliphatic rings. The summed E-state index contributed by atoms with van der Waals surface area (Å²) in [5.41, 5.74) is 6.28. The largest absolute Gasteiger partial charge is 0.456 e. The number of carbonyl (C=O) groups excluding carboxylic acids is 1. The molecule has 2 aromatic rings. The normalized spacial score (nSPS) is 18.0. The van der Waals surface area contributed by atoms with Gasteiger partial charge >= 0.3 is 0 Å². The zero-order valence-electron chi connectivity index (χ0n) is 14.0. The number of nitrogens with one attached hydrogen (secondary N) is 1. The van der Waals surface area contributed by atoms with Crippen molar-refractivity contribution in [2.75, 3.05) is 13.1 Å². The van der Waals surface area contributed by atoms with E-state index in [1.54, 1.807) is 17.8 Å². The number of amides is 1. The molecule has 0 saturated carbocycles. The molecule has 0 bridgehead atoms. The average Bonchev–Trinajstić information content (AvgIpc) is 3.17. The SMILES string of the molecule is CCc1oc(C(N)=O)cc1CSc1nnc(C2CCCNC2)n1C. The number of hydrogen-bond acceptors (Lipinski definition) is 6. The zero-order chi connectivity index (χ0) is 17.1. The lowest BCUT2D eigenvalue weighted by Gasteiger charge is -2.21. The summed E-state index contributed by atoms with van der Waals surface area (Å²) >= 11 is 1.60. The van der Waals surface area contributed by atoms with Crippen LogP contribution in [0, 0.1) is 0 Å². The number of rotatable bonds is 6. The summed E-state index contributed by atoms with van der Waals surface area (Å²) in [6.07, 6.45) is 3.04. The molecule has 24 heavy (non-hydrogen) atoms. The Kier molecular flexibility index (Phi) is 5.25. The van der Waals surface area contributed by atoms with Gasteiger partial charge in [-0.15, -0.1) is 10.2 Å². The number of aromatic nitrogens is 3. The molecule has 7 nitrogen and oxygen atoms in total. The second kappa shape index (κ2) is 7.40. The van der Waals surface area contributed by atoms with Crippen LogP contribution in [-0.4, -0.2) is 33.8 Å². The predicted octanol–water partition coefficient (Wildman–Crippen LogP) is 1.83. The Morgan fingerprint density at radius 2 is 2.38 bits per heavy atom. The lowest BCUT2D eigenvalue weighted by Crippen LogP contribution is -2.29. The van der Waals surface area contributed by atoms with Crippen molar-refractivity contribution in [3.63, 3.8) is 0 Å². The number of thioether (sulfide) groups is 1. The van der Waals surface area contributed by atoms with Crippen molar-refractivity contribution in [3.05, 3.63) is 29.0 Å². The minimum atomic E-state index is -0.535. The molecule has 1 atom stereocenters. The van der Waals surface area contributed by atoms with Crippen LogP contribution in [0.5, 0.6) is 0 Å². The molecule has 2 aromatic heterocycles. The maximum Gasteiger partial charge on any atom is 0.284 e. The first-order valence-corrected chi connectivity index (χ1v) is 9.22. The first kappa shape index (κ1) is 17.0. The third-order valence-electron chi connectivity index (χ3n) is 4.35. The number of piperidine rings is 1. The van der Waals surface area contributed by atoms with Gasteiger partial charge in [0.1, 0.15) is 11.6 Å². The van der Waals surface area contributed by atoms with Crippen molar-refractivity contribution < 1.29 is 9.21 Å². The standard InChI is InChI=1S/C16H23N5O2S/c1-3-12-11(7-13(23-12)14(17)22)9-24-16-20-19-15(21(16)2)10-5-4-6-18-8-10/h7,10,18H,3-6,8-9H2,1-2H3,(H2,17,22). The van der Waals surface area contributed by atoms with E-state index < -0.39 is 5.91 Å². The van der Waals surface area contributed by atoms with Crippen molar-refractivity contribution in [3.8, 4) is 0 Å². The van der Waals surface area contributed by atoms with Gasteiger partial charge in [0, 0.05) is 37.2 Å². The van der Waals surface area contributed by atoms with Gasteiger partial charge in [0.05, 0.1) is 0 Å². The Morgan fingerprint density at radius 3 is 3.04 bits per heavy atom. The molecule has 0 radical (unpaired) electrons. The van der Waals surface area contributed by atoms with Crippen LogP contribution >= 0.6 is 11.8 Å². The average molecular weight is 349 g/mol. The van der Waals surface area contributed by atoms with Gasteiger partial charge in [-0.3, -0.25) is 4.79 Å². The molecule has 8 heteroatoms. The van der Waals surface area contributed by atoms with E-state index in [1.165, 1.54) is 6.42 Å². The molecule has 0 spiro atoms. The molecule has 1 aliphatic heterocycles. The van der Waals surface area contributed by atoms with Crippen LogP contribution in [0.2, 0.25) is 0 Å². The lowest BCUT2D eigenvalue weighted by molar-refractivity contribution is 0.0972. The van der Waals surface area contributed by atoms with E-state index in [9.17, 15) is 4.79 Å². The molecule has 1 amide bonds. The monoisotopic (exact) mass is 349 g/mol. The van der Waals surface area contributed by atoms with E-state index in [0.29, 0.717) is 11.7 Å². The number of furan rings is 1. The Bertz CT molecular complexity index is 718. The number of carbonyl (C=O) groups is 1. The van der Waals surface area contributed by atoms with Gasteiger partial charge in [0.2, 0.25) is 0 Å². The minimum absolute atomic E-state index is 0.217. The zero-order valence-corrected chi connectivity index (χ0v) is 14.9. The van der Waals surface area contributed by atoms with Crippen LogP contribution in [-0.2, 0) is 19.2 Å². The highest BCUT2D eigenvalue weighted by molar-refractivity contribution is 7.98. The molecule has 130 valence electrons. The van der Waals surface area contributed by atoms with Gasteiger partial charge in [-0.05, 0) is 25.5 Å². The van der Waals surface area contributed by atoms with E-state index in [2.05, 4.69) is 20.1 Å². The first-order valence-electron chi connectivity index (χ1n) is 8.24. The fourth-order valence-electron chi connectivity index (χ4n) is 3.03. The number of hydrogen-bond donors (Lipinski definition) is 2. The van der Waals surface area contributed by atoms with Crippen LogP contribution in [0.4, 0.5) is 0 Å². The van der Waals surface area contributed by atoms with Crippen LogP contribution in [0.3, 0.4) is 0 Å². The molecule has 1 fully saturated rings. The number of nitrogens with zero attached hydrogens (tertiary/aromatic N) is 3. The molecule has 1 saturated heterocycles. The fourth-order valence-corrected chi connectivity index (χ4v) is 3.95. The summed E-state index contributed by atoms with van der Waals surface area (Å²) in [5, 5.41) is 13.0. The Balaban J connectivity index is 1.71. The molecule has 1 unspecified atom stereocenters. The van der Waals surface area contributed by atoms with Crippen LogP contribution in [0.15, 0.2) is 15.6 Å². The highest BCUT2D eigenvalue weighted by Gasteiger charge is 2.22. The van der Waals surface area contributed by atoms with E-state index in [4.69, 9.17) is 10.2 Å². The maximum absolute atomic E-state index is 11.3. The van der Waals surface area contributed by atoms with Crippen molar-refractivity contribution in [2.24, 2.45) is 12.8 Å². The van der Waals surface area contributed by atoms with Gasteiger partial charge in [-0.2, -0.15) is 0 Å². The molecule has 0 aliphatic carbocycles. The van der Waals surface area contributed by atoms with Crippen molar-refractivity contribution in [1.29, 1.82) is 0 Å². The molecule has 0 aromatic carbocycles. The quantitative estimate of drug-likeness (QED) is 0.772. The molecule has 3 N–H and O–H groups in total. The second-order valence-corrected chi connectivity index (χ2v) is 6.95. The number of primary amides is 1. The molecule has 3 heterocycles. The summed E-state index contributed by atoms with van der Waals surface area (Å²) in [6, 6.07) is 1.73. The molecular formula is C16H23N5O2S. The van der Waals surface area contributed by atoms with Gasteiger partial charge < -0.3 is 20.0 Å². The van der Waals surface area contributed by atoms with E-state index in [1.807, 2.05) is 14.0 Å². The van der Waals surface area contributed by atoms with E-state index >= 15 is 0 Å². The lowest BCUT2D eigenvalue weighted by atomic mass is 9.99. The first-order chi connectivity index (χ1) is 11.6. The highest BCUT2D eigenvalue weighted by Crippen LogP contribution is 2.28. The Labute approximate surface area is 145 Å². The van der Waals surface area contributed by atoms with Gasteiger partial charge in [-0.25, -0.2) is 0 Å². The highest BCUT2D eigenvalue weighted by atomic mass is 32.2. The Morgan fingerprint density at radius 1 is 1.54 bits per heavy atom. The fraction of sp³-hybridized carbons (Fsp3) is 0.562. The van der Waals surface area contributed by atoms with Crippen molar-refractivity contribution in [2.45, 2.75) is 43.0 Å². The minimum Gasteiger partial charge on any atom is -0.456 e. The molecular weight excluding hydrogens is 326 g/mol. The summed E-state index contributed by atoms with van der Waals surface area (Å²) in [4.78, 5) is 11.3.